The molecule has 2 fully saturated rings. The maximum atomic E-state index is 14.8. The Kier molecular flexibility index (Phi) is 5.79. The van der Waals surface area contributed by atoms with Crippen LogP contribution >= 0.6 is 0 Å². The molecule has 2 aromatic carbocycles. The van der Waals surface area contributed by atoms with Crippen LogP contribution in [0.4, 0.5) is 4.39 Å². The van der Waals surface area contributed by atoms with Crippen molar-refractivity contribution >= 4 is 16.8 Å². The lowest BCUT2D eigenvalue weighted by Gasteiger charge is -2.35. The van der Waals surface area contributed by atoms with Crippen LogP contribution in [-0.4, -0.2) is 53.9 Å². The predicted octanol–water partition coefficient (Wildman–Crippen LogP) is 4.71. The van der Waals surface area contributed by atoms with E-state index in [4.69, 9.17) is 9.47 Å². The maximum Gasteiger partial charge on any atom is 0.251 e. The molecule has 166 valence electrons. The lowest BCUT2D eigenvalue weighted by molar-refractivity contribution is -0.144. The van der Waals surface area contributed by atoms with Crippen molar-refractivity contribution in [2.24, 2.45) is 0 Å². The molecule has 0 aliphatic carbocycles. The van der Waals surface area contributed by atoms with Crippen molar-refractivity contribution in [1.82, 2.24) is 9.88 Å². The van der Waals surface area contributed by atoms with Gasteiger partial charge in [-0.3, -0.25) is 9.78 Å². The molecule has 0 spiro atoms. The van der Waals surface area contributed by atoms with Gasteiger partial charge < -0.3 is 14.4 Å². The molecule has 6 heteroatoms. The summed E-state index contributed by atoms with van der Waals surface area (Å²) >= 11 is 0. The number of benzene rings is 2. The summed E-state index contributed by atoms with van der Waals surface area (Å²) in [5, 5.41) is 1.12. The molecule has 2 saturated heterocycles. The zero-order valence-electron chi connectivity index (χ0n) is 18.2. The van der Waals surface area contributed by atoms with Gasteiger partial charge in [-0.25, -0.2) is 4.39 Å². The second kappa shape index (κ2) is 8.87. The number of likely N-dealkylation sites (tertiary alicyclic amines) is 1. The van der Waals surface area contributed by atoms with Crippen molar-refractivity contribution in [3.63, 3.8) is 0 Å². The van der Waals surface area contributed by atoms with Gasteiger partial charge in [-0.15, -0.1) is 0 Å². The van der Waals surface area contributed by atoms with E-state index in [0.29, 0.717) is 25.3 Å². The van der Waals surface area contributed by atoms with Crippen molar-refractivity contribution in [2.75, 3.05) is 19.7 Å². The van der Waals surface area contributed by atoms with E-state index in [1.165, 1.54) is 0 Å². The summed E-state index contributed by atoms with van der Waals surface area (Å²) in [6, 6.07) is 15.9. The third-order valence-electron chi connectivity index (χ3n) is 6.48. The second-order valence-corrected chi connectivity index (χ2v) is 8.58. The van der Waals surface area contributed by atoms with Gasteiger partial charge in [0.2, 0.25) is 0 Å². The van der Waals surface area contributed by atoms with Crippen LogP contribution in [0, 0.1) is 6.92 Å². The monoisotopic (exact) mass is 434 g/mol. The quantitative estimate of drug-likeness (QED) is 0.597. The number of hydrogen-bond donors (Lipinski definition) is 0. The minimum absolute atomic E-state index is 0.0602. The van der Waals surface area contributed by atoms with Crippen molar-refractivity contribution in [3.05, 3.63) is 60.3 Å². The highest BCUT2D eigenvalue weighted by atomic mass is 19.1. The average Bonchev–Trinajstić information content (AvgIpc) is 3.36. The number of rotatable bonds is 4. The number of piperidine rings is 1. The van der Waals surface area contributed by atoms with Gasteiger partial charge in [-0.2, -0.15) is 0 Å². The SMILES string of the molecule is Cc1c(-c2ccc(O[C@@H]3CCN(C(=O)[C@H]4CCCO4)C[C@H]3F)cc2)ccc2cccnc12. The Labute approximate surface area is 187 Å². The fourth-order valence-corrected chi connectivity index (χ4v) is 4.68. The van der Waals surface area contributed by atoms with Crippen LogP contribution in [0.25, 0.3) is 22.0 Å². The van der Waals surface area contributed by atoms with Crippen molar-refractivity contribution in [1.29, 1.82) is 0 Å². The van der Waals surface area contributed by atoms with E-state index in [9.17, 15) is 9.18 Å². The van der Waals surface area contributed by atoms with E-state index in [0.717, 1.165) is 40.4 Å². The molecule has 5 nitrogen and oxygen atoms in total. The number of carbonyl (C=O) groups is 1. The summed E-state index contributed by atoms with van der Waals surface area (Å²) in [7, 11) is 0. The van der Waals surface area contributed by atoms with Crippen LogP contribution in [0.3, 0.4) is 0 Å². The molecule has 3 heterocycles. The topological polar surface area (TPSA) is 51.7 Å². The predicted molar refractivity (Wildman–Crippen MR) is 121 cm³/mol. The highest BCUT2D eigenvalue weighted by Gasteiger charge is 2.36. The lowest BCUT2D eigenvalue weighted by Crippen LogP contribution is -2.51. The molecule has 0 bridgehead atoms. The summed E-state index contributed by atoms with van der Waals surface area (Å²) < 4.78 is 26.2. The summed E-state index contributed by atoms with van der Waals surface area (Å²) in [6.07, 6.45) is 1.72. The first-order chi connectivity index (χ1) is 15.6. The number of alkyl halides is 1. The number of ether oxygens (including phenoxy) is 2. The normalized spacial score (nSPS) is 23.4. The third kappa shape index (κ3) is 4.07. The molecule has 0 radical (unpaired) electrons. The van der Waals surface area contributed by atoms with Crippen LogP contribution in [0.5, 0.6) is 5.75 Å². The second-order valence-electron chi connectivity index (χ2n) is 8.58. The molecule has 0 unspecified atom stereocenters. The number of fused-ring (bicyclic) bond motifs is 1. The third-order valence-corrected chi connectivity index (χ3v) is 6.48. The fourth-order valence-electron chi connectivity index (χ4n) is 4.68. The number of aryl methyl sites for hydroxylation is 1. The Morgan fingerprint density at radius 2 is 2.00 bits per heavy atom. The van der Waals surface area contributed by atoms with Gasteiger partial charge >= 0.3 is 0 Å². The minimum Gasteiger partial charge on any atom is -0.487 e. The Balaban J connectivity index is 1.24. The largest absolute Gasteiger partial charge is 0.487 e. The van der Waals surface area contributed by atoms with Gasteiger partial charge in [-0.05, 0) is 54.7 Å². The fraction of sp³-hybridized carbons (Fsp3) is 0.385. The number of halogens is 1. The molecular formula is C26H27FN2O3. The summed E-state index contributed by atoms with van der Waals surface area (Å²) in [5.41, 5.74) is 4.31. The first kappa shape index (κ1) is 20.9. The van der Waals surface area contributed by atoms with E-state index in [2.05, 4.69) is 30.1 Å². The first-order valence-corrected chi connectivity index (χ1v) is 11.3. The number of nitrogens with zero attached hydrogens (tertiary/aromatic N) is 2. The van der Waals surface area contributed by atoms with Crippen LogP contribution in [0.2, 0.25) is 0 Å². The van der Waals surface area contributed by atoms with Gasteiger partial charge in [-0.1, -0.05) is 30.3 Å². The lowest BCUT2D eigenvalue weighted by atomic mass is 9.98. The molecule has 0 N–H and O–H groups in total. The highest BCUT2D eigenvalue weighted by molar-refractivity contribution is 5.88. The molecular weight excluding hydrogens is 407 g/mol. The van der Waals surface area contributed by atoms with E-state index in [1.54, 1.807) is 4.90 Å². The van der Waals surface area contributed by atoms with Gasteiger partial charge in [0.25, 0.3) is 5.91 Å². The number of aromatic nitrogens is 1. The van der Waals surface area contributed by atoms with Crippen molar-refractivity contribution in [3.8, 4) is 16.9 Å². The van der Waals surface area contributed by atoms with Gasteiger partial charge in [0, 0.05) is 31.2 Å². The van der Waals surface area contributed by atoms with Crippen molar-refractivity contribution in [2.45, 2.75) is 44.6 Å². The summed E-state index contributed by atoms with van der Waals surface area (Å²) in [5.74, 6) is 0.546. The molecule has 3 aromatic rings. The Morgan fingerprint density at radius 3 is 2.75 bits per heavy atom. The zero-order valence-corrected chi connectivity index (χ0v) is 18.2. The van der Waals surface area contributed by atoms with E-state index in [1.807, 2.05) is 36.5 Å². The smallest absolute Gasteiger partial charge is 0.251 e. The Hall–Kier alpha value is -2.99. The molecule has 1 aromatic heterocycles. The standard InChI is InChI=1S/C26H27FN2O3/c1-17-21(11-8-19-4-2-13-28-25(17)19)18-6-9-20(10-7-18)32-23-12-14-29(16-22(23)27)26(30)24-5-3-15-31-24/h2,4,6-11,13,22-24H,3,5,12,14-16H2,1H3/t22-,23-,24-/m1/s1. The number of carbonyl (C=O) groups excluding carboxylic acids is 1. The van der Waals surface area contributed by atoms with Gasteiger partial charge in [0.15, 0.2) is 6.17 Å². The van der Waals surface area contributed by atoms with E-state index in [-0.39, 0.29) is 12.5 Å². The van der Waals surface area contributed by atoms with Crippen LogP contribution in [0.1, 0.15) is 24.8 Å². The van der Waals surface area contributed by atoms with Crippen LogP contribution in [0.15, 0.2) is 54.7 Å². The highest BCUT2D eigenvalue weighted by Crippen LogP contribution is 2.31. The number of pyridine rings is 1. The van der Waals surface area contributed by atoms with E-state index >= 15 is 0 Å². The average molecular weight is 435 g/mol. The number of hydrogen-bond acceptors (Lipinski definition) is 4. The Morgan fingerprint density at radius 1 is 1.16 bits per heavy atom. The molecule has 1 amide bonds. The van der Waals surface area contributed by atoms with E-state index < -0.39 is 18.4 Å². The van der Waals surface area contributed by atoms with Crippen molar-refractivity contribution < 1.29 is 18.7 Å². The summed E-state index contributed by atoms with van der Waals surface area (Å²) in [6.45, 7) is 3.24. The molecule has 2 aliphatic heterocycles. The molecule has 32 heavy (non-hydrogen) atoms. The molecule has 5 rings (SSSR count). The van der Waals surface area contributed by atoms with Crippen LogP contribution < -0.4 is 4.74 Å². The molecule has 2 aliphatic rings. The molecule has 3 atom stereocenters. The maximum absolute atomic E-state index is 14.8. The number of amides is 1. The molecule has 0 saturated carbocycles. The first-order valence-electron chi connectivity index (χ1n) is 11.3. The zero-order chi connectivity index (χ0) is 22.1. The van der Waals surface area contributed by atoms with Crippen LogP contribution in [-0.2, 0) is 9.53 Å². The Bertz CT molecular complexity index is 1110. The minimum atomic E-state index is -1.22. The van der Waals surface area contributed by atoms with Gasteiger partial charge in [0.05, 0.1) is 12.1 Å². The van der Waals surface area contributed by atoms with Gasteiger partial charge in [0.1, 0.15) is 18.0 Å². The summed E-state index contributed by atoms with van der Waals surface area (Å²) in [4.78, 5) is 18.6.